The van der Waals surface area contributed by atoms with Gasteiger partial charge < -0.3 is 9.47 Å². The largest absolute Gasteiger partial charge is 0.352 e. The first kappa shape index (κ1) is 16.8. The highest BCUT2D eigenvalue weighted by atomic mass is 15.2. The molecule has 1 aliphatic rings. The monoisotopic (exact) mass is 347 g/mol. The summed E-state index contributed by atoms with van der Waals surface area (Å²) < 4.78 is 2.21. The van der Waals surface area contributed by atoms with Crippen molar-refractivity contribution in [2.45, 2.75) is 45.7 Å². The SMILES string of the molecule is Cc1nc2c(c(N(C)Cc3nccn3Cc3ccccc3)n1)CCCC2. The molecule has 0 atom stereocenters. The molecule has 3 aromatic rings. The number of anilines is 1. The van der Waals surface area contributed by atoms with Crippen molar-refractivity contribution in [2.75, 3.05) is 11.9 Å². The van der Waals surface area contributed by atoms with E-state index in [0.29, 0.717) is 0 Å². The third kappa shape index (κ3) is 3.47. The van der Waals surface area contributed by atoms with E-state index in [0.717, 1.165) is 43.4 Å². The normalized spacial score (nSPS) is 13.5. The zero-order chi connectivity index (χ0) is 17.9. The molecule has 5 heteroatoms. The molecule has 0 amide bonds. The average Bonchev–Trinajstić information content (AvgIpc) is 3.08. The van der Waals surface area contributed by atoms with Crippen LogP contribution in [-0.4, -0.2) is 26.6 Å². The lowest BCUT2D eigenvalue weighted by molar-refractivity contribution is 0.648. The second kappa shape index (κ2) is 7.28. The first-order valence-corrected chi connectivity index (χ1v) is 9.32. The van der Waals surface area contributed by atoms with Crippen LogP contribution in [-0.2, 0) is 25.9 Å². The van der Waals surface area contributed by atoms with Gasteiger partial charge in [-0.05, 0) is 38.2 Å². The van der Waals surface area contributed by atoms with E-state index in [1.54, 1.807) is 0 Å². The molecule has 0 aliphatic heterocycles. The van der Waals surface area contributed by atoms with Crippen molar-refractivity contribution in [1.29, 1.82) is 0 Å². The summed E-state index contributed by atoms with van der Waals surface area (Å²) in [5.74, 6) is 2.98. The second-order valence-electron chi connectivity index (χ2n) is 7.04. The highest BCUT2D eigenvalue weighted by molar-refractivity contribution is 5.49. The van der Waals surface area contributed by atoms with Crippen LogP contribution in [0.3, 0.4) is 0 Å². The van der Waals surface area contributed by atoms with Gasteiger partial charge in [0.2, 0.25) is 0 Å². The van der Waals surface area contributed by atoms with Gasteiger partial charge in [-0.1, -0.05) is 30.3 Å². The van der Waals surface area contributed by atoms with E-state index in [2.05, 4.69) is 56.9 Å². The molecule has 0 saturated heterocycles. The molecular weight excluding hydrogens is 322 g/mol. The number of fused-ring (bicyclic) bond motifs is 1. The molecule has 26 heavy (non-hydrogen) atoms. The Labute approximate surface area is 154 Å². The van der Waals surface area contributed by atoms with Crippen LogP contribution >= 0.6 is 0 Å². The van der Waals surface area contributed by atoms with Crippen molar-refractivity contribution in [3.05, 3.63) is 71.2 Å². The predicted octanol–water partition coefficient (Wildman–Crippen LogP) is 3.55. The number of aryl methyl sites for hydroxylation is 2. The van der Waals surface area contributed by atoms with Crippen molar-refractivity contribution >= 4 is 5.82 Å². The maximum absolute atomic E-state index is 4.76. The van der Waals surface area contributed by atoms with E-state index in [4.69, 9.17) is 4.98 Å². The van der Waals surface area contributed by atoms with Gasteiger partial charge in [0.1, 0.15) is 17.5 Å². The van der Waals surface area contributed by atoms with E-state index in [1.807, 2.05) is 19.2 Å². The van der Waals surface area contributed by atoms with Gasteiger partial charge in [0, 0.05) is 37.2 Å². The Hall–Kier alpha value is -2.69. The van der Waals surface area contributed by atoms with Crippen LogP contribution < -0.4 is 4.90 Å². The summed E-state index contributed by atoms with van der Waals surface area (Å²) in [5.41, 5.74) is 3.84. The molecule has 1 aromatic carbocycles. The summed E-state index contributed by atoms with van der Waals surface area (Å²) in [4.78, 5) is 16.2. The van der Waals surface area contributed by atoms with Crippen molar-refractivity contribution in [2.24, 2.45) is 0 Å². The summed E-state index contributed by atoms with van der Waals surface area (Å²) in [6, 6.07) is 10.5. The van der Waals surface area contributed by atoms with Gasteiger partial charge in [-0.3, -0.25) is 0 Å². The highest BCUT2D eigenvalue weighted by Gasteiger charge is 2.20. The maximum atomic E-state index is 4.76. The summed E-state index contributed by atoms with van der Waals surface area (Å²) in [6.07, 6.45) is 8.54. The standard InChI is InChI=1S/C21H25N5/c1-16-23-19-11-7-6-10-18(19)21(24-16)25(2)15-20-22-12-13-26(20)14-17-8-4-3-5-9-17/h3-5,8-9,12-13H,6-7,10-11,14-15H2,1-2H3. The van der Waals surface area contributed by atoms with Gasteiger partial charge in [-0.2, -0.15) is 0 Å². The van der Waals surface area contributed by atoms with Crippen LogP contribution in [0.2, 0.25) is 0 Å². The smallest absolute Gasteiger partial charge is 0.135 e. The molecule has 4 rings (SSSR count). The van der Waals surface area contributed by atoms with Gasteiger partial charge in [0.05, 0.1) is 6.54 Å². The van der Waals surface area contributed by atoms with Crippen molar-refractivity contribution in [3.8, 4) is 0 Å². The molecule has 0 bridgehead atoms. The molecule has 0 radical (unpaired) electrons. The average molecular weight is 347 g/mol. The molecule has 0 fully saturated rings. The summed E-state index contributed by atoms with van der Waals surface area (Å²) in [6.45, 7) is 3.57. The topological polar surface area (TPSA) is 46.8 Å². The van der Waals surface area contributed by atoms with Gasteiger partial charge >= 0.3 is 0 Å². The number of rotatable bonds is 5. The minimum Gasteiger partial charge on any atom is -0.352 e. The van der Waals surface area contributed by atoms with Gasteiger partial charge in [0.25, 0.3) is 0 Å². The van der Waals surface area contributed by atoms with Gasteiger partial charge in [-0.25, -0.2) is 15.0 Å². The van der Waals surface area contributed by atoms with Gasteiger partial charge in [-0.15, -0.1) is 0 Å². The molecule has 1 aliphatic carbocycles. The quantitative estimate of drug-likeness (QED) is 0.708. The first-order valence-electron chi connectivity index (χ1n) is 9.32. The molecule has 0 unspecified atom stereocenters. The third-order valence-corrected chi connectivity index (χ3v) is 5.01. The summed E-state index contributed by atoms with van der Waals surface area (Å²) in [5, 5.41) is 0. The van der Waals surface area contributed by atoms with E-state index in [-0.39, 0.29) is 0 Å². The number of hydrogen-bond acceptors (Lipinski definition) is 4. The van der Waals surface area contributed by atoms with Crippen molar-refractivity contribution in [1.82, 2.24) is 19.5 Å². The lowest BCUT2D eigenvalue weighted by atomic mass is 9.96. The highest BCUT2D eigenvalue weighted by Crippen LogP contribution is 2.28. The molecule has 5 nitrogen and oxygen atoms in total. The number of benzene rings is 1. The van der Waals surface area contributed by atoms with E-state index in [9.17, 15) is 0 Å². The fraction of sp³-hybridized carbons (Fsp3) is 0.381. The Balaban J connectivity index is 1.57. The predicted molar refractivity (Wildman–Crippen MR) is 103 cm³/mol. The zero-order valence-electron chi connectivity index (χ0n) is 15.5. The second-order valence-corrected chi connectivity index (χ2v) is 7.04. The fourth-order valence-corrected chi connectivity index (χ4v) is 3.71. The van der Waals surface area contributed by atoms with Gasteiger partial charge in [0.15, 0.2) is 0 Å². The van der Waals surface area contributed by atoms with Crippen LogP contribution in [0.25, 0.3) is 0 Å². The first-order chi connectivity index (χ1) is 12.7. The molecule has 2 aromatic heterocycles. The lowest BCUT2D eigenvalue weighted by Crippen LogP contribution is -2.24. The minimum absolute atomic E-state index is 0.739. The summed E-state index contributed by atoms with van der Waals surface area (Å²) in [7, 11) is 2.11. The third-order valence-electron chi connectivity index (χ3n) is 5.01. The van der Waals surface area contributed by atoms with Crippen molar-refractivity contribution < 1.29 is 0 Å². The number of nitrogens with zero attached hydrogens (tertiary/aromatic N) is 5. The number of hydrogen-bond donors (Lipinski definition) is 0. The molecule has 0 saturated carbocycles. The van der Waals surface area contributed by atoms with E-state index < -0.39 is 0 Å². The Bertz CT molecular complexity index is 885. The molecule has 2 heterocycles. The van der Waals surface area contributed by atoms with Crippen LogP contribution in [0.5, 0.6) is 0 Å². The molecule has 134 valence electrons. The molecule has 0 spiro atoms. The zero-order valence-corrected chi connectivity index (χ0v) is 15.5. The number of aromatic nitrogens is 4. The Morgan fingerprint density at radius 2 is 1.88 bits per heavy atom. The minimum atomic E-state index is 0.739. The molecule has 0 N–H and O–H groups in total. The lowest BCUT2D eigenvalue weighted by Gasteiger charge is -2.25. The van der Waals surface area contributed by atoms with E-state index in [1.165, 1.54) is 29.7 Å². The molecular formula is C21H25N5. The Morgan fingerprint density at radius 1 is 1.08 bits per heavy atom. The van der Waals surface area contributed by atoms with Crippen LogP contribution in [0.15, 0.2) is 42.7 Å². The Kier molecular flexibility index (Phi) is 4.69. The van der Waals surface area contributed by atoms with Crippen LogP contribution in [0.4, 0.5) is 5.82 Å². The summed E-state index contributed by atoms with van der Waals surface area (Å²) >= 11 is 0. The maximum Gasteiger partial charge on any atom is 0.135 e. The number of imidazole rings is 1. The van der Waals surface area contributed by atoms with Crippen molar-refractivity contribution in [3.63, 3.8) is 0 Å². The van der Waals surface area contributed by atoms with E-state index >= 15 is 0 Å². The van der Waals surface area contributed by atoms with Crippen LogP contribution in [0, 0.1) is 6.92 Å². The fourth-order valence-electron chi connectivity index (χ4n) is 3.71. The van der Waals surface area contributed by atoms with Crippen LogP contribution in [0.1, 0.15) is 41.3 Å². The Morgan fingerprint density at radius 3 is 2.73 bits per heavy atom.